The summed E-state index contributed by atoms with van der Waals surface area (Å²) < 4.78 is 30.3. The lowest BCUT2D eigenvalue weighted by atomic mass is 10.1. The molecule has 12 heterocycles. The van der Waals surface area contributed by atoms with Crippen LogP contribution in [-0.2, 0) is 39.1 Å². The first-order valence-corrected chi connectivity index (χ1v) is 44.3. The summed E-state index contributed by atoms with van der Waals surface area (Å²) in [5, 5.41) is 39.2. The molecule has 0 unspecified atom stereocenters. The van der Waals surface area contributed by atoms with E-state index in [1.807, 2.05) is 139 Å². The van der Waals surface area contributed by atoms with Gasteiger partial charge in [0.2, 0.25) is 0 Å². The number of aromatic nitrogens is 20. The number of anilines is 4. The van der Waals surface area contributed by atoms with Gasteiger partial charge in [-0.1, -0.05) is 116 Å². The molecule has 0 bridgehead atoms. The van der Waals surface area contributed by atoms with Crippen molar-refractivity contribution in [3.8, 4) is 67.8 Å². The van der Waals surface area contributed by atoms with E-state index in [0.717, 1.165) is 100 Å². The molecule has 1 aliphatic heterocycles. The summed E-state index contributed by atoms with van der Waals surface area (Å²) in [4.78, 5) is 112. The monoisotopic (exact) mass is 1820 g/mol. The van der Waals surface area contributed by atoms with Gasteiger partial charge in [0.1, 0.15) is 17.3 Å². The minimum absolute atomic E-state index is 0.154. The summed E-state index contributed by atoms with van der Waals surface area (Å²) in [5.41, 5.74) is 18.0. The first-order chi connectivity index (χ1) is 65.0. The number of fused-ring (bicyclic) bond motifs is 5. The maximum Gasteiger partial charge on any atom is 0.274 e. The molecule has 0 radical (unpaired) electrons. The van der Waals surface area contributed by atoms with Gasteiger partial charge in [-0.15, -0.1) is 11.3 Å². The molecule has 34 nitrogen and oxygen atoms in total. The second-order valence-corrected chi connectivity index (χ2v) is 32.8. The fourth-order valence-electron chi connectivity index (χ4n) is 15.0. The van der Waals surface area contributed by atoms with E-state index in [4.69, 9.17) is 14.6 Å². The number of hydrogen-bond donors (Lipinski definition) is 10. The highest BCUT2D eigenvalue weighted by Crippen LogP contribution is 2.28. The first-order valence-electron chi connectivity index (χ1n) is 43.4. The average molecular weight is 1820 g/mol. The van der Waals surface area contributed by atoms with Crippen molar-refractivity contribution in [2.75, 3.05) is 74.8 Å². The Balaban J connectivity index is 0.000000122. The van der Waals surface area contributed by atoms with E-state index in [9.17, 15) is 28.4 Å². The maximum atomic E-state index is 13.1. The number of H-pyrrole nitrogens is 5. The number of para-hydroxylation sites is 3. The van der Waals surface area contributed by atoms with Crippen molar-refractivity contribution in [3.63, 3.8) is 0 Å². The quantitative estimate of drug-likeness (QED) is 0.0269. The molecule has 682 valence electrons. The molecular formula is C98H99FN26O8S. The molecule has 1 fully saturated rings. The molecule has 8 aromatic carbocycles. The highest BCUT2D eigenvalue weighted by molar-refractivity contribution is 7.13. The number of aryl methyl sites for hydroxylation is 6. The third-order valence-corrected chi connectivity index (χ3v) is 23.5. The topological polar surface area (TPSA) is 409 Å². The van der Waals surface area contributed by atoms with Gasteiger partial charge in [-0.05, 0) is 178 Å². The zero-order chi connectivity index (χ0) is 93.5. The van der Waals surface area contributed by atoms with Gasteiger partial charge in [0.05, 0.1) is 86.0 Å². The molecular weight excluding hydrogens is 1720 g/mol. The summed E-state index contributed by atoms with van der Waals surface area (Å²) >= 11 is 1.56. The summed E-state index contributed by atoms with van der Waals surface area (Å²) in [6.07, 6.45) is 0.941. The number of halogens is 1. The van der Waals surface area contributed by atoms with Gasteiger partial charge < -0.3 is 35.8 Å². The minimum Gasteiger partial charge on any atom is -0.497 e. The Bertz CT molecular complexity index is 7660. The predicted octanol–water partition coefficient (Wildman–Crippen LogP) is 13.6. The van der Waals surface area contributed by atoms with Gasteiger partial charge in [-0.3, -0.25) is 59.3 Å². The zero-order valence-electron chi connectivity index (χ0n) is 75.1. The van der Waals surface area contributed by atoms with Crippen LogP contribution < -0.4 is 58.5 Å². The molecule has 10 N–H and O–H groups in total. The Morgan fingerprint density at radius 1 is 0.381 bits per heavy atom. The van der Waals surface area contributed by atoms with Crippen LogP contribution in [0.4, 0.5) is 27.1 Å². The van der Waals surface area contributed by atoms with Crippen LogP contribution in [0.2, 0.25) is 0 Å². The molecule has 11 aromatic heterocycles. The molecule has 0 saturated carbocycles. The Kier molecular flexibility index (Phi) is 28.4. The van der Waals surface area contributed by atoms with Crippen LogP contribution in [0, 0.1) is 47.4 Å². The number of benzene rings is 8. The fraction of sp³-hybridized carbons (Fsp3) is 0.214. The molecule has 0 spiro atoms. The van der Waals surface area contributed by atoms with Crippen LogP contribution in [0.5, 0.6) is 11.5 Å². The van der Waals surface area contributed by atoms with E-state index < -0.39 is 0 Å². The smallest absolute Gasteiger partial charge is 0.274 e. The number of aliphatic hydroxyl groups is 1. The van der Waals surface area contributed by atoms with Crippen LogP contribution in [0.1, 0.15) is 74.3 Å². The number of rotatable bonds is 24. The molecule has 36 heteroatoms. The molecule has 0 atom stereocenters. The van der Waals surface area contributed by atoms with E-state index >= 15 is 0 Å². The van der Waals surface area contributed by atoms with E-state index in [0.29, 0.717) is 119 Å². The fourth-order valence-corrected chi connectivity index (χ4v) is 15.7. The van der Waals surface area contributed by atoms with E-state index in [1.54, 1.807) is 43.8 Å². The maximum absolute atomic E-state index is 13.1. The minimum atomic E-state index is -0.338. The SMILES string of the molecule is CCc1ccccc1NCc1cc(=O)n2[nH]c(-c3ccc(C)c(C)c3)nc2n1.COc1ccc(-c2nc3nc(CNc4ccc(C)cc4C)cc(=O)n3[nH]2)cc1.COc1ccccc1NCc1cc(=O)n2[nH]c(-c3ccc(F)cc3)nc2n1.Cc1cccc(NCc2cc(=O)n3[nH]c(-c4cccs4)nc3n2)c1C.O=c1cc(CN2CCN(CCO)CC2)nc2nc(-c3ccccc3)[nH]n12. The van der Waals surface area contributed by atoms with Crippen LogP contribution in [-0.4, -0.2) is 166 Å². The Hall–Kier alpha value is -16.2. The van der Waals surface area contributed by atoms with Crippen LogP contribution in [0.3, 0.4) is 0 Å². The van der Waals surface area contributed by atoms with E-state index in [2.05, 4.69) is 191 Å². The van der Waals surface area contributed by atoms with Gasteiger partial charge in [0.25, 0.3) is 56.7 Å². The summed E-state index contributed by atoms with van der Waals surface area (Å²) in [6, 6.07) is 68.5. The van der Waals surface area contributed by atoms with Crippen LogP contribution >= 0.6 is 11.3 Å². The number of aliphatic hydroxyl groups excluding tert-OH is 1. The predicted molar refractivity (Wildman–Crippen MR) is 518 cm³/mol. The zero-order valence-corrected chi connectivity index (χ0v) is 75.9. The summed E-state index contributed by atoms with van der Waals surface area (Å²) in [5.74, 6) is 5.80. The van der Waals surface area contributed by atoms with Crippen molar-refractivity contribution in [3.05, 3.63) is 355 Å². The third kappa shape index (κ3) is 21.9. The highest BCUT2D eigenvalue weighted by atomic mass is 32.1. The highest BCUT2D eigenvalue weighted by Gasteiger charge is 2.21. The number of nitrogens with one attached hydrogen (secondary N) is 9. The van der Waals surface area contributed by atoms with Gasteiger partial charge in [-0.2, -0.15) is 47.5 Å². The molecule has 20 rings (SSSR count). The van der Waals surface area contributed by atoms with Crippen LogP contribution in [0.25, 0.3) is 85.1 Å². The molecule has 0 aliphatic carbocycles. The number of β-amino-alcohol motifs (C(OH)–C–C–N with tert-alkyl or cyclic N) is 1. The van der Waals surface area contributed by atoms with Crippen molar-refractivity contribution >= 4 is 63.0 Å². The Morgan fingerprint density at radius 2 is 0.821 bits per heavy atom. The van der Waals surface area contributed by atoms with Crippen molar-refractivity contribution in [2.24, 2.45) is 0 Å². The number of methoxy groups -OCH3 is 2. The second kappa shape index (κ2) is 41.7. The number of aromatic amines is 5. The van der Waals surface area contributed by atoms with Gasteiger partial charge in [-0.25, -0.2) is 29.3 Å². The lowest BCUT2D eigenvalue weighted by Gasteiger charge is -2.34. The molecule has 0 amide bonds. The third-order valence-electron chi connectivity index (χ3n) is 22.6. The molecule has 134 heavy (non-hydrogen) atoms. The normalized spacial score (nSPS) is 12.1. The number of piperazine rings is 1. The number of thiophene rings is 1. The number of ether oxygens (including phenoxy) is 2. The van der Waals surface area contributed by atoms with E-state index in [-0.39, 0.29) is 46.0 Å². The van der Waals surface area contributed by atoms with Crippen molar-refractivity contribution in [1.82, 2.24) is 108 Å². The number of nitrogens with zero attached hydrogens (tertiary/aromatic N) is 17. The van der Waals surface area contributed by atoms with Crippen molar-refractivity contribution in [2.45, 2.75) is 87.6 Å². The summed E-state index contributed by atoms with van der Waals surface area (Å²) in [7, 11) is 3.21. The van der Waals surface area contributed by atoms with Crippen LogP contribution in [0.15, 0.2) is 254 Å². The average Bonchev–Trinajstić information content (AvgIpc) is 1.66. The lowest BCUT2D eigenvalue weighted by Crippen LogP contribution is -2.46. The standard InChI is InChI=1S/C22H23N5O.C21H21N5O2.C19H16FN5O2.C18H22N6O2.C18H17N5OS/c1-4-16-7-5-6-8-19(16)23-13-18-12-20(28)27-22(24-18)25-21(26-27)17-10-9-14(2)15(3)11-17;1-13-4-9-18(14(2)10-13)22-12-16-11-19(27)26-21(23-16)24-20(25-26)15-5-7-17(28-3)8-6-15;1-27-16-5-3-2-4-15(16)21-11-14-10-17(26)25-19(22-14)23-18(24-25)12-6-8-13(20)9-7-12;25-11-10-22-6-8-23(9-7-22)13-15-12-16(26)24-18(19-15)20-17(21-24)14-4-2-1-3-5-14;1-11-5-3-6-14(12(11)2)19-10-13-9-16(24)23-18(20-13)21-17(22-23)15-7-4-8-25-15/h5-12,23H,4,13H2,1-3H3,(H,24,25,26);4-11,22H,12H2,1-3H3,(H,23,24,25);2-10,21H,11H2,1H3,(H,22,23,24);1-5,12,25H,6-11,13H2,(H,19,20,21);3-9,19H,10H2,1-2H3,(H,20,21,22). The van der Waals surface area contributed by atoms with Crippen molar-refractivity contribution < 1.29 is 19.0 Å². The second-order valence-electron chi connectivity index (χ2n) is 31.9. The molecule has 1 saturated heterocycles. The Morgan fingerprint density at radius 3 is 1.33 bits per heavy atom. The summed E-state index contributed by atoms with van der Waals surface area (Å²) in [6.45, 7) is 21.4. The van der Waals surface area contributed by atoms with Gasteiger partial charge in [0.15, 0.2) is 29.1 Å². The van der Waals surface area contributed by atoms with Crippen molar-refractivity contribution in [1.29, 1.82) is 0 Å². The Labute approximate surface area is 770 Å². The van der Waals surface area contributed by atoms with Gasteiger partial charge in [0, 0.05) is 109 Å². The lowest BCUT2D eigenvalue weighted by molar-refractivity contribution is 0.107. The molecule has 19 aromatic rings. The largest absolute Gasteiger partial charge is 0.497 e. The number of hydrogen-bond acceptors (Lipinski definition) is 25. The molecule has 1 aliphatic rings. The van der Waals surface area contributed by atoms with E-state index in [1.165, 1.54) is 92.4 Å². The first kappa shape index (κ1) is 91.1. The van der Waals surface area contributed by atoms with Gasteiger partial charge >= 0.3 is 0 Å².